The first-order valence-corrected chi connectivity index (χ1v) is 8.77. The summed E-state index contributed by atoms with van der Waals surface area (Å²) in [7, 11) is -3.03. The summed E-state index contributed by atoms with van der Waals surface area (Å²) in [5.41, 5.74) is 2.94. The number of nitrogens with zero attached hydrogens (tertiary/aromatic N) is 1. The van der Waals surface area contributed by atoms with Crippen molar-refractivity contribution in [2.75, 3.05) is 19.3 Å². The second-order valence-electron chi connectivity index (χ2n) is 5.83. The molecule has 6 heteroatoms. The molecule has 106 valence electrons. The molecule has 0 spiro atoms. The van der Waals surface area contributed by atoms with Crippen LogP contribution in [0.1, 0.15) is 38.5 Å². The van der Waals surface area contributed by atoms with E-state index in [1.54, 1.807) is 4.31 Å². The summed E-state index contributed by atoms with van der Waals surface area (Å²) in [6.45, 7) is 1.35. The molecule has 1 saturated carbocycles. The van der Waals surface area contributed by atoms with Crippen molar-refractivity contribution in [1.29, 1.82) is 0 Å². The monoisotopic (exact) mass is 275 g/mol. The number of hydrogen-bond acceptors (Lipinski definition) is 4. The fourth-order valence-corrected chi connectivity index (χ4v) is 4.06. The number of piperidine rings is 1. The highest BCUT2D eigenvalue weighted by Gasteiger charge is 2.32. The summed E-state index contributed by atoms with van der Waals surface area (Å²) >= 11 is 0. The van der Waals surface area contributed by atoms with Crippen LogP contribution in [0, 0.1) is 11.8 Å². The number of hydrogen-bond donors (Lipinski definition) is 2. The van der Waals surface area contributed by atoms with Gasteiger partial charge in [0.25, 0.3) is 0 Å². The van der Waals surface area contributed by atoms with Crippen molar-refractivity contribution >= 4 is 10.0 Å². The summed E-state index contributed by atoms with van der Waals surface area (Å²) in [6.07, 6.45) is 8.24. The smallest absolute Gasteiger partial charge is 0.211 e. The van der Waals surface area contributed by atoms with Crippen LogP contribution in [0.2, 0.25) is 0 Å². The predicted octanol–water partition coefficient (Wildman–Crippen LogP) is 0.680. The molecule has 0 amide bonds. The van der Waals surface area contributed by atoms with Gasteiger partial charge >= 0.3 is 0 Å². The normalized spacial score (nSPS) is 28.9. The fourth-order valence-electron chi connectivity index (χ4n) is 3.12. The van der Waals surface area contributed by atoms with E-state index in [0.29, 0.717) is 31.0 Å². The van der Waals surface area contributed by atoms with Gasteiger partial charge < -0.3 is 0 Å². The van der Waals surface area contributed by atoms with Crippen LogP contribution in [0.3, 0.4) is 0 Å². The highest BCUT2D eigenvalue weighted by atomic mass is 32.2. The van der Waals surface area contributed by atoms with Crippen molar-refractivity contribution in [2.45, 2.75) is 44.6 Å². The molecule has 0 aromatic rings. The highest BCUT2D eigenvalue weighted by molar-refractivity contribution is 7.88. The van der Waals surface area contributed by atoms with Gasteiger partial charge in [-0.05, 0) is 43.9 Å². The molecule has 0 radical (unpaired) electrons. The van der Waals surface area contributed by atoms with Crippen LogP contribution >= 0.6 is 0 Å². The molecule has 2 fully saturated rings. The molecule has 1 heterocycles. The molecule has 2 rings (SSSR count). The molecule has 2 unspecified atom stereocenters. The molecule has 2 aliphatic rings. The molecule has 0 aromatic heterocycles. The van der Waals surface area contributed by atoms with Gasteiger partial charge in [-0.25, -0.2) is 12.7 Å². The van der Waals surface area contributed by atoms with Gasteiger partial charge in [-0.1, -0.05) is 6.42 Å². The maximum Gasteiger partial charge on any atom is 0.211 e. The zero-order valence-electron chi connectivity index (χ0n) is 11.1. The summed E-state index contributed by atoms with van der Waals surface area (Å²) in [5, 5.41) is 0. The van der Waals surface area contributed by atoms with Gasteiger partial charge in [0.2, 0.25) is 10.0 Å². The SMILES string of the molecule is CS(=O)(=O)N1CCCC(CC(NN)C2CCC2)C1. The quantitative estimate of drug-likeness (QED) is 0.571. The van der Waals surface area contributed by atoms with Crippen molar-refractivity contribution < 1.29 is 8.42 Å². The highest BCUT2D eigenvalue weighted by Crippen LogP contribution is 2.33. The van der Waals surface area contributed by atoms with Crippen LogP contribution in [0.5, 0.6) is 0 Å². The predicted molar refractivity (Wildman–Crippen MR) is 72.2 cm³/mol. The number of rotatable bonds is 5. The lowest BCUT2D eigenvalue weighted by molar-refractivity contribution is 0.171. The lowest BCUT2D eigenvalue weighted by Gasteiger charge is -2.38. The van der Waals surface area contributed by atoms with Gasteiger partial charge in [0.05, 0.1) is 6.26 Å². The Morgan fingerprint density at radius 1 is 1.33 bits per heavy atom. The molecule has 1 saturated heterocycles. The first-order chi connectivity index (χ1) is 8.50. The Morgan fingerprint density at radius 2 is 2.06 bits per heavy atom. The Labute approximate surface area is 110 Å². The minimum absolute atomic E-state index is 0.364. The average molecular weight is 275 g/mol. The van der Waals surface area contributed by atoms with Crippen molar-refractivity contribution in [3.8, 4) is 0 Å². The summed E-state index contributed by atoms with van der Waals surface area (Å²) in [5.74, 6) is 6.79. The molecule has 3 N–H and O–H groups in total. The average Bonchev–Trinajstić information content (AvgIpc) is 2.25. The Morgan fingerprint density at radius 3 is 2.56 bits per heavy atom. The first-order valence-electron chi connectivity index (χ1n) is 6.92. The fraction of sp³-hybridized carbons (Fsp3) is 1.00. The van der Waals surface area contributed by atoms with Crippen LogP contribution in [-0.2, 0) is 10.0 Å². The summed E-state index contributed by atoms with van der Waals surface area (Å²) in [6, 6.07) is 0.364. The number of nitrogens with two attached hydrogens (primary N) is 1. The van der Waals surface area contributed by atoms with Crippen molar-refractivity contribution in [3.63, 3.8) is 0 Å². The zero-order chi connectivity index (χ0) is 13.2. The Kier molecular flexibility index (Phi) is 4.64. The van der Waals surface area contributed by atoms with E-state index in [1.165, 1.54) is 25.5 Å². The lowest BCUT2D eigenvalue weighted by Crippen LogP contribution is -2.47. The topological polar surface area (TPSA) is 75.4 Å². The van der Waals surface area contributed by atoms with Crippen LogP contribution in [0.4, 0.5) is 0 Å². The second kappa shape index (κ2) is 5.86. The van der Waals surface area contributed by atoms with Crippen LogP contribution in [0.25, 0.3) is 0 Å². The van der Waals surface area contributed by atoms with E-state index in [1.807, 2.05) is 0 Å². The van der Waals surface area contributed by atoms with Gasteiger partial charge in [-0.3, -0.25) is 11.3 Å². The maximum absolute atomic E-state index is 11.6. The Hall–Kier alpha value is -0.170. The minimum Gasteiger partial charge on any atom is -0.271 e. The number of hydrazine groups is 1. The van der Waals surface area contributed by atoms with Gasteiger partial charge in [-0.15, -0.1) is 0 Å². The minimum atomic E-state index is -3.03. The molecule has 5 nitrogen and oxygen atoms in total. The Balaban J connectivity index is 1.88. The van der Waals surface area contributed by atoms with Gasteiger partial charge in [-0.2, -0.15) is 0 Å². The third-order valence-electron chi connectivity index (χ3n) is 4.47. The zero-order valence-corrected chi connectivity index (χ0v) is 12.0. The second-order valence-corrected chi connectivity index (χ2v) is 7.81. The van der Waals surface area contributed by atoms with E-state index < -0.39 is 10.0 Å². The summed E-state index contributed by atoms with van der Waals surface area (Å²) in [4.78, 5) is 0. The van der Waals surface area contributed by atoms with Crippen LogP contribution < -0.4 is 11.3 Å². The molecule has 0 bridgehead atoms. The molecular weight excluding hydrogens is 250 g/mol. The van der Waals surface area contributed by atoms with E-state index in [4.69, 9.17) is 5.84 Å². The third kappa shape index (κ3) is 3.44. The van der Waals surface area contributed by atoms with Crippen molar-refractivity contribution in [3.05, 3.63) is 0 Å². The van der Waals surface area contributed by atoms with Crippen molar-refractivity contribution in [1.82, 2.24) is 9.73 Å². The van der Waals surface area contributed by atoms with Gasteiger partial charge in [0.1, 0.15) is 0 Å². The van der Waals surface area contributed by atoms with Crippen LogP contribution in [-0.4, -0.2) is 38.1 Å². The third-order valence-corrected chi connectivity index (χ3v) is 5.74. The molecule has 0 aromatic carbocycles. The lowest BCUT2D eigenvalue weighted by atomic mass is 9.76. The molecule has 2 atom stereocenters. The number of nitrogens with one attached hydrogen (secondary N) is 1. The maximum atomic E-state index is 11.6. The van der Waals surface area contributed by atoms with E-state index in [-0.39, 0.29) is 0 Å². The van der Waals surface area contributed by atoms with E-state index in [0.717, 1.165) is 19.3 Å². The van der Waals surface area contributed by atoms with Gasteiger partial charge in [0.15, 0.2) is 0 Å². The van der Waals surface area contributed by atoms with E-state index >= 15 is 0 Å². The molecular formula is C12H25N3O2S. The van der Waals surface area contributed by atoms with E-state index in [9.17, 15) is 8.42 Å². The number of sulfonamides is 1. The van der Waals surface area contributed by atoms with Crippen LogP contribution in [0.15, 0.2) is 0 Å². The molecule has 1 aliphatic heterocycles. The molecule has 18 heavy (non-hydrogen) atoms. The van der Waals surface area contributed by atoms with Gasteiger partial charge in [0, 0.05) is 19.1 Å². The summed E-state index contributed by atoms with van der Waals surface area (Å²) < 4.78 is 24.8. The Bertz CT molecular complexity index is 368. The van der Waals surface area contributed by atoms with E-state index in [2.05, 4.69) is 5.43 Å². The molecule has 1 aliphatic carbocycles. The largest absolute Gasteiger partial charge is 0.271 e. The van der Waals surface area contributed by atoms with Crippen molar-refractivity contribution in [2.24, 2.45) is 17.7 Å². The standard InChI is InChI=1S/C12H25N3O2S/c1-18(16,17)15-7-3-4-10(9-15)8-12(14-13)11-5-2-6-11/h10-12,14H,2-9,13H2,1H3. The first kappa shape index (κ1) is 14.2.